The quantitative estimate of drug-likeness (QED) is 0.153. The highest BCUT2D eigenvalue weighted by atomic mass is 127. The second-order valence-electron chi connectivity index (χ2n) is 7.00. The molecule has 0 saturated carbocycles. The van der Waals surface area contributed by atoms with Gasteiger partial charge in [-0.05, 0) is 88.3 Å². The summed E-state index contributed by atoms with van der Waals surface area (Å²) in [7, 11) is 1.48. The number of benzene rings is 3. The maximum Gasteiger partial charge on any atom is 0.335 e. The van der Waals surface area contributed by atoms with Gasteiger partial charge in [0.2, 0.25) is 0 Å². The number of carboxylic acid groups (broad SMARTS) is 1. The van der Waals surface area contributed by atoms with Gasteiger partial charge in [-0.25, -0.2) is 4.79 Å². The molecule has 0 unspecified atom stereocenters. The average molecular weight is 570 g/mol. The molecule has 0 radical (unpaired) electrons. The Kier molecular flexibility index (Phi) is 8.10. The summed E-state index contributed by atoms with van der Waals surface area (Å²) < 4.78 is 12.0. The number of aromatic hydroxyl groups is 1. The van der Waals surface area contributed by atoms with Crippen molar-refractivity contribution in [3.63, 3.8) is 0 Å². The zero-order valence-corrected chi connectivity index (χ0v) is 20.1. The third-order valence-electron chi connectivity index (χ3n) is 4.64. The van der Waals surface area contributed by atoms with Crippen LogP contribution in [-0.4, -0.2) is 29.2 Å². The molecule has 0 bridgehead atoms. The van der Waals surface area contributed by atoms with Crippen molar-refractivity contribution in [2.24, 2.45) is 0 Å². The Labute approximate surface area is 209 Å². The number of hydrogen-bond acceptors (Lipinski definition) is 6. The zero-order chi connectivity index (χ0) is 24.7. The molecule has 3 N–H and O–H groups in total. The van der Waals surface area contributed by atoms with Crippen LogP contribution in [-0.2, 0) is 11.4 Å². The van der Waals surface area contributed by atoms with Crippen LogP contribution < -0.4 is 14.8 Å². The number of nitriles is 1. The molecule has 1 amide bonds. The highest BCUT2D eigenvalue weighted by molar-refractivity contribution is 14.1. The van der Waals surface area contributed by atoms with E-state index in [1.54, 1.807) is 24.3 Å². The first-order valence-corrected chi connectivity index (χ1v) is 10.9. The molecule has 8 nitrogen and oxygen atoms in total. The summed E-state index contributed by atoms with van der Waals surface area (Å²) in [4.78, 5) is 23.5. The number of carboxylic acids is 1. The zero-order valence-electron chi connectivity index (χ0n) is 17.9. The van der Waals surface area contributed by atoms with E-state index in [2.05, 4.69) is 27.9 Å². The average Bonchev–Trinajstić information content (AvgIpc) is 2.83. The molecule has 3 rings (SSSR count). The Morgan fingerprint density at radius 3 is 2.38 bits per heavy atom. The summed E-state index contributed by atoms with van der Waals surface area (Å²) in [5.41, 5.74) is 1.87. The number of anilines is 1. The van der Waals surface area contributed by atoms with Crippen molar-refractivity contribution in [1.29, 1.82) is 5.26 Å². The van der Waals surface area contributed by atoms with Crippen molar-refractivity contribution >= 4 is 46.2 Å². The van der Waals surface area contributed by atoms with E-state index in [1.807, 2.05) is 6.07 Å². The van der Waals surface area contributed by atoms with E-state index in [0.717, 1.165) is 5.56 Å². The molecule has 3 aromatic rings. The van der Waals surface area contributed by atoms with Crippen LogP contribution in [0.3, 0.4) is 0 Å². The molecule has 0 fully saturated rings. The minimum Gasteiger partial charge on any atom is -0.508 e. The largest absolute Gasteiger partial charge is 0.508 e. The van der Waals surface area contributed by atoms with E-state index in [1.165, 1.54) is 49.6 Å². The number of ether oxygens (including phenoxy) is 2. The maximum absolute atomic E-state index is 12.5. The van der Waals surface area contributed by atoms with Gasteiger partial charge in [0.25, 0.3) is 5.91 Å². The fourth-order valence-electron chi connectivity index (χ4n) is 2.92. The van der Waals surface area contributed by atoms with Gasteiger partial charge < -0.3 is 25.0 Å². The number of nitrogens with zero attached hydrogens (tertiary/aromatic N) is 1. The van der Waals surface area contributed by atoms with E-state index in [9.17, 15) is 20.0 Å². The third-order valence-corrected chi connectivity index (χ3v) is 5.44. The predicted molar refractivity (Wildman–Crippen MR) is 134 cm³/mol. The molecule has 0 spiro atoms. The van der Waals surface area contributed by atoms with E-state index in [0.29, 0.717) is 26.3 Å². The van der Waals surface area contributed by atoms with E-state index >= 15 is 0 Å². The normalized spacial score (nSPS) is 10.8. The van der Waals surface area contributed by atoms with Gasteiger partial charge in [0.15, 0.2) is 11.5 Å². The minimum absolute atomic E-state index is 0.0651. The molecule has 0 aliphatic carbocycles. The van der Waals surface area contributed by atoms with Gasteiger partial charge in [-0.1, -0.05) is 12.1 Å². The summed E-state index contributed by atoms with van der Waals surface area (Å²) in [6.45, 7) is 0.194. The molecule has 3 aromatic carbocycles. The fraction of sp³-hybridized carbons (Fsp3) is 0.0800. The van der Waals surface area contributed by atoms with Gasteiger partial charge in [-0.15, -0.1) is 0 Å². The minimum atomic E-state index is -0.999. The highest BCUT2D eigenvalue weighted by Gasteiger charge is 2.14. The smallest absolute Gasteiger partial charge is 0.335 e. The van der Waals surface area contributed by atoms with Gasteiger partial charge in [0, 0.05) is 5.69 Å². The van der Waals surface area contributed by atoms with Crippen LogP contribution >= 0.6 is 22.6 Å². The standard InChI is InChI=1S/C25H19IN2O6/c1-33-22-12-16(10-18(13-27)24(30)28-19-6-8-20(29)9-7-19)11-21(26)23(22)34-14-15-2-4-17(5-3-15)25(31)32/h2-12,29H,14H2,1H3,(H,28,30)(H,31,32)/b18-10+. The van der Waals surface area contributed by atoms with Crippen molar-refractivity contribution in [1.82, 2.24) is 0 Å². The summed E-state index contributed by atoms with van der Waals surface area (Å²) in [5.74, 6) is -0.630. The van der Waals surface area contributed by atoms with Crippen molar-refractivity contribution in [3.05, 3.63) is 86.5 Å². The lowest BCUT2D eigenvalue weighted by Crippen LogP contribution is -2.13. The van der Waals surface area contributed by atoms with Crippen molar-refractivity contribution in [3.8, 4) is 23.3 Å². The Balaban J connectivity index is 1.78. The number of halogens is 1. The number of nitrogens with one attached hydrogen (secondary N) is 1. The second kappa shape index (κ2) is 11.2. The number of phenols is 1. The number of phenolic OH excluding ortho intramolecular Hbond substituents is 1. The van der Waals surface area contributed by atoms with Crippen LogP contribution in [0.4, 0.5) is 5.69 Å². The lowest BCUT2D eigenvalue weighted by atomic mass is 10.1. The number of aromatic carboxylic acids is 1. The highest BCUT2D eigenvalue weighted by Crippen LogP contribution is 2.35. The molecule has 0 atom stereocenters. The van der Waals surface area contributed by atoms with E-state index < -0.39 is 11.9 Å². The molecular formula is C25H19IN2O6. The van der Waals surface area contributed by atoms with Crippen LogP contribution in [0.15, 0.2) is 66.2 Å². The van der Waals surface area contributed by atoms with Crippen molar-refractivity contribution in [2.75, 3.05) is 12.4 Å². The molecule has 172 valence electrons. The molecule has 0 heterocycles. The number of hydrogen-bond donors (Lipinski definition) is 3. The van der Waals surface area contributed by atoms with E-state index in [-0.39, 0.29) is 23.5 Å². The topological polar surface area (TPSA) is 129 Å². The SMILES string of the molecule is COc1cc(/C=C(\C#N)C(=O)Nc2ccc(O)cc2)cc(I)c1OCc1ccc(C(=O)O)cc1. The predicted octanol–water partition coefficient (Wildman–Crippen LogP) is 4.83. The summed E-state index contributed by atoms with van der Waals surface area (Å²) in [6, 6.07) is 17.5. The van der Waals surface area contributed by atoms with Crippen LogP contribution in [0.5, 0.6) is 17.2 Å². The molecule has 34 heavy (non-hydrogen) atoms. The van der Waals surface area contributed by atoms with Gasteiger partial charge in [-0.2, -0.15) is 5.26 Å². The third kappa shape index (κ3) is 6.26. The van der Waals surface area contributed by atoms with Gasteiger partial charge in [0.05, 0.1) is 16.2 Å². The van der Waals surface area contributed by atoms with Gasteiger partial charge in [-0.3, -0.25) is 4.79 Å². The number of amides is 1. The van der Waals surface area contributed by atoms with Crippen LogP contribution in [0.25, 0.3) is 6.08 Å². The molecule has 0 aliphatic rings. The monoisotopic (exact) mass is 570 g/mol. The van der Waals surface area contributed by atoms with Gasteiger partial charge >= 0.3 is 5.97 Å². The summed E-state index contributed by atoms with van der Waals surface area (Å²) in [6.07, 6.45) is 1.44. The number of carbonyl (C=O) groups excluding carboxylic acids is 1. The Morgan fingerprint density at radius 2 is 1.79 bits per heavy atom. The summed E-state index contributed by atoms with van der Waals surface area (Å²) in [5, 5.41) is 30.4. The summed E-state index contributed by atoms with van der Waals surface area (Å²) >= 11 is 2.07. The first kappa shape index (κ1) is 24.6. The van der Waals surface area contributed by atoms with Crippen molar-refractivity contribution < 1.29 is 29.3 Å². The molecule has 9 heteroatoms. The molecule has 0 aliphatic heterocycles. The van der Waals surface area contributed by atoms with Gasteiger partial charge in [0.1, 0.15) is 24.0 Å². The number of carbonyl (C=O) groups is 2. The Hall–Kier alpha value is -4.04. The first-order chi connectivity index (χ1) is 16.3. The van der Waals surface area contributed by atoms with E-state index in [4.69, 9.17) is 14.6 Å². The maximum atomic E-state index is 12.5. The number of rotatable bonds is 8. The fourth-order valence-corrected chi connectivity index (χ4v) is 3.70. The number of methoxy groups -OCH3 is 1. The van der Waals surface area contributed by atoms with Crippen LogP contribution in [0, 0.1) is 14.9 Å². The second-order valence-corrected chi connectivity index (χ2v) is 8.16. The Bertz CT molecular complexity index is 1280. The van der Waals surface area contributed by atoms with Crippen LogP contribution in [0.2, 0.25) is 0 Å². The lowest BCUT2D eigenvalue weighted by molar-refractivity contribution is -0.112. The molecule has 0 saturated heterocycles. The van der Waals surface area contributed by atoms with Crippen molar-refractivity contribution in [2.45, 2.75) is 6.61 Å². The molecular weight excluding hydrogens is 551 g/mol. The Morgan fingerprint density at radius 1 is 1.12 bits per heavy atom. The lowest BCUT2D eigenvalue weighted by Gasteiger charge is -2.14. The van der Waals surface area contributed by atoms with Crippen LogP contribution in [0.1, 0.15) is 21.5 Å². The molecule has 0 aromatic heterocycles. The first-order valence-electron chi connectivity index (χ1n) is 9.85.